The van der Waals surface area contributed by atoms with E-state index in [2.05, 4.69) is 4.98 Å². The van der Waals surface area contributed by atoms with Crippen LogP contribution in [0.25, 0.3) is 10.9 Å². The number of benzene rings is 2. The van der Waals surface area contributed by atoms with Crippen LogP contribution in [0, 0.1) is 6.92 Å². The summed E-state index contributed by atoms with van der Waals surface area (Å²) < 4.78 is 11.0. The number of ether oxygens (including phenoxy) is 2. The molecule has 0 radical (unpaired) electrons. The van der Waals surface area contributed by atoms with Crippen LogP contribution in [0.5, 0.6) is 5.75 Å². The number of halogens is 1. The fourth-order valence-electron chi connectivity index (χ4n) is 2.89. The van der Waals surface area contributed by atoms with Crippen LogP contribution in [-0.2, 0) is 11.2 Å². The number of hydrogen-bond acceptors (Lipinski definition) is 4. The molecule has 0 spiro atoms. The van der Waals surface area contributed by atoms with Crippen molar-refractivity contribution in [1.82, 2.24) is 4.98 Å². The van der Waals surface area contributed by atoms with Crippen LogP contribution >= 0.6 is 11.6 Å². The van der Waals surface area contributed by atoms with Crippen LogP contribution < -0.4 is 4.74 Å². The Morgan fingerprint density at radius 1 is 1.08 bits per heavy atom. The smallest absolute Gasteiger partial charge is 0.339 e. The molecule has 3 rings (SSSR count). The number of pyridine rings is 1. The van der Waals surface area contributed by atoms with Crippen molar-refractivity contribution in [1.29, 1.82) is 0 Å². The van der Waals surface area contributed by atoms with E-state index in [-0.39, 0.29) is 19.2 Å². The lowest BCUT2D eigenvalue weighted by atomic mass is 10.0. The van der Waals surface area contributed by atoms with Gasteiger partial charge in [0, 0.05) is 11.1 Å². The monoisotopic (exact) mass is 369 g/mol. The number of rotatable bonds is 6. The third kappa shape index (κ3) is 3.81. The highest BCUT2D eigenvalue weighted by atomic mass is 35.5. The SMILES string of the molecule is CCc1nc2ccccc2c(C(=O)OCCOc2ccccc2Cl)c1C. The summed E-state index contributed by atoms with van der Waals surface area (Å²) in [6.45, 7) is 4.31. The summed E-state index contributed by atoms with van der Waals surface area (Å²) in [5, 5.41) is 1.33. The molecule has 0 bridgehead atoms. The topological polar surface area (TPSA) is 48.4 Å². The number of nitrogens with zero attached hydrogens (tertiary/aromatic N) is 1. The molecular formula is C21H20ClNO3. The predicted molar refractivity (Wildman–Crippen MR) is 103 cm³/mol. The molecule has 0 fully saturated rings. The minimum atomic E-state index is -0.362. The summed E-state index contributed by atoms with van der Waals surface area (Å²) >= 11 is 6.04. The van der Waals surface area contributed by atoms with Gasteiger partial charge in [0.15, 0.2) is 0 Å². The fourth-order valence-corrected chi connectivity index (χ4v) is 3.08. The van der Waals surface area contributed by atoms with Crippen molar-refractivity contribution in [2.24, 2.45) is 0 Å². The number of carbonyl (C=O) groups excluding carboxylic acids is 1. The molecule has 0 aliphatic rings. The van der Waals surface area contributed by atoms with E-state index in [0.717, 1.165) is 28.6 Å². The molecule has 0 aliphatic carbocycles. The van der Waals surface area contributed by atoms with Crippen LogP contribution in [-0.4, -0.2) is 24.2 Å². The predicted octanol–water partition coefficient (Wildman–Crippen LogP) is 4.99. The first-order chi connectivity index (χ1) is 12.6. The Balaban J connectivity index is 1.73. The van der Waals surface area contributed by atoms with Crippen molar-refractivity contribution in [3.63, 3.8) is 0 Å². The molecule has 134 valence electrons. The average molecular weight is 370 g/mol. The van der Waals surface area contributed by atoms with Gasteiger partial charge in [0.25, 0.3) is 0 Å². The Morgan fingerprint density at radius 2 is 1.81 bits per heavy atom. The maximum absolute atomic E-state index is 12.7. The molecule has 0 aliphatic heterocycles. The van der Waals surface area contributed by atoms with Crippen molar-refractivity contribution < 1.29 is 14.3 Å². The zero-order valence-corrected chi connectivity index (χ0v) is 15.5. The van der Waals surface area contributed by atoms with Crippen molar-refractivity contribution in [2.75, 3.05) is 13.2 Å². The summed E-state index contributed by atoms with van der Waals surface area (Å²) in [4.78, 5) is 17.3. The van der Waals surface area contributed by atoms with Gasteiger partial charge >= 0.3 is 5.97 Å². The molecule has 0 unspecified atom stereocenters. The second kappa shape index (κ2) is 8.19. The number of para-hydroxylation sites is 2. The Kier molecular flexibility index (Phi) is 5.74. The van der Waals surface area contributed by atoms with Gasteiger partial charge in [-0.2, -0.15) is 0 Å². The van der Waals surface area contributed by atoms with Crippen molar-refractivity contribution in [2.45, 2.75) is 20.3 Å². The Labute approximate surface area is 157 Å². The Bertz CT molecular complexity index is 940. The van der Waals surface area contributed by atoms with E-state index in [9.17, 15) is 4.79 Å². The molecule has 0 atom stereocenters. The Morgan fingerprint density at radius 3 is 2.58 bits per heavy atom. The van der Waals surface area contributed by atoms with Crippen molar-refractivity contribution in [3.8, 4) is 5.75 Å². The minimum Gasteiger partial charge on any atom is -0.488 e. The Hall–Kier alpha value is -2.59. The number of carbonyl (C=O) groups is 1. The second-order valence-electron chi connectivity index (χ2n) is 5.84. The summed E-state index contributed by atoms with van der Waals surface area (Å²) in [7, 11) is 0. The van der Waals surface area contributed by atoms with Gasteiger partial charge in [0.05, 0.1) is 16.1 Å². The van der Waals surface area contributed by atoms with E-state index in [4.69, 9.17) is 21.1 Å². The van der Waals surface area contributed by atoms with Crippen LogP contribution in [0.4, 0.5) is 0 Å². The van der Waals surface area contributed by atoms with E-state index in [1.54, 1.807) is 12.1 Å². The van der Waals surface area contributed by atoms with Gasteiger partial charge in [-0.25, -0.2) is 4.79 Å². The summed E-state index contributed by atoms with van der Waals surface area (Å²) in [6.07, 6.45) is 0.757. The quantitative estimate of drug-likeness (QED) is 0.453. The molecule has 1 aromatic heterocycles. The fraction of sp³-hybridized carbons (Fsp3) is 0.238. The highest BCUT2D eigenvalue weighted by molar-refractivity contribution is 6.32. The summed E-state index contributed by atoms with van der Waals surface area (Å²) in [6, 6.07) is 14.8. The van der Waals surface area contributed by atoms with Gasteiger partial charge in [-0.1, -0.05) is 48.9 Å². The first-order valence-electron chi connectivity index (χ1n) is 8.54. The maximum atomic E-state index is 12.7. The van der Waals surface area contributed by atoms with Gasteiger partial charge in [0.1, 0.15) is 19.0 Å². The first-order valence-corrected chi connectivity index (χ1v) is 8.92. The number of aryl methyl sites for hydroxylation is 1. The first kappa shape index (κ1) is 18.2. The number of aromatic nitrogens is 1. The standard InChI is InChI=1S/C21H20ClNO3/c1-3-17-14(2)20(15-8-4-6-10-18(15)23-17)21(24)26-13-12-25-19-11-7-5-9-16(19)22/h4-11H,3,12-13H2,1-2H3. The average Bonchev–Trinajstić information content (AvgIpc) is 2.65. The van der Waals surface area contributed by atoms with E-state index in [1.807, 2.05) is 50.2 Å². The number of hydrogen-bond donors (Lipinski definition) is 0. The number of esters is 1. The highest BCUT2D eigenvalue weighted by Crippen LogP contribution is 2.25. The third-order valence-electron chi connectivity index (χ3n) is 4.19. The molecule has 3 aromatic rings. The molecule has 0 saturated carbocycles. The zero-order valence-electron chi connectivity index (χ0n) is 14.8. The van der Waals surface area contributed by atoms with Gasteiger partial charge < -0.3 is 9.47 Å². The normalized spacial score (nSPS) is 10.7. The minimum absolute atomic E-state index is 0.140. The molecular weight excluding hydrogens is 350 g/mol. The van der Waals surface area contributed by atoms with Gasteiger partial charge in [-0.3, -0.25) is 4.98 Å². The zero-order chi connectivity index (χ0) is 18.5. The molecule has 4 nitrogen and oxygen atoms in total. The second-order valence-corrected chi connectivity index (χ2v) is 6.25. The number of fused-ring (bicyclic) bond motifs is 1. The van der Waals surface area contributed by atoms with E-state index in [0.29, 0.717) is 16.3 Å². The van der Waals surface area contributed by atoms with E-state index in [1.165, 1.54) is 0 Å². The van der Waals surface area contributed by atoms with Crippen molar-refractivity contribution in [3.05, 3.63) is 70.4 Å². The lowest BCUT2D eigenvalue weighted by Gasteiger charge is -2.13. The van der Waals surface area contributed by atoms with Gasteiger partial charge in [0.2, 0.25) is 0 Å². The summed E-state index contributed by atoms with van der Waals surface area (Å²) in [5.74, 6) is 0.211. The maximum Gasteiger partial charge on any atom is 0.339 e. The molecule has 1 heterocycles. The van der Waals surface area contributed by atoms with Crippen LogP contribution in [0.2, 0.25) is 5.02 Å². The van der Waals surface area contributed by atoms with Gasteiger partial charge in [-0.15, -0.1) is 0 Å². The highest BCUT2D eigenvalue weighted by Gasteiger charge is 2.18. The van der Waals surface area contributed by atoms with Crippen LogP contribution in [0.3, 0.4) is 0 Å². The molecule has 0 N–H and O–H groups in total. The lowest BCUT2D eigenvalue weighted by molar-refractivity contribution is 0.0452. The van der Waals surface area contributed by atoms with Crippen molar-refractivity contribution >= 4 is 28.5 Å². The van der Waals surface area contributed by atoms with E-state index >= 15 is 0 Å². The largest absolute Gasteiger partial charge is 0.488 e. The third-order valence-corrected chi connectivity index (χ3v) is 4.50. The lowest BCUT2D eigenvalue weighted by Crippen LogP contribution is -2.15. The van der Waals surface area contributed by atoms with Crippen LogP contribution in [0.15, 0.2) is 48.5 Å². The van der Waals surface area contributed by atoms with Gasteiger partial charge in [-0.05, 0) is 37.1 Å². The molecule has 0 saturated heterocycles. The van der Waals surface area contributed by atoms with E-state index < -0.39 is 0 Å². The van der Waals surface area contributed by atoms with Crippen LogP contribution in [0.1, 0.15) is 28.5 Å². The molecule has 5 heteroatoms. The molecule has 26 heavy (non-hydrogen) atoms. The molecule has 2 aromatic carbocycles. The molecule has 0 amide bonds. The summed E-state index contributed by atoms with van der Waals surface area (Å²) in [5.41, 5.74) is 3.14.